The van der Waals surface area contributed by atoms with E-state index in [1.807, 2.05) is 12.1 Å². The number of methoxy groups -OCH3 is 2. The van der Waals surface area contributed by atoms with Gasteiger partial charge in [-0.1, -0.05) is 5.16 Å². The Morgan fingerprint density at radius 2 is 1.95 bits per heavy atom. The van der Waals surface area contributed by atoms with Crippen LogP contribution in [0.3, 0.4) is 0 Å². The second-order valence-electron chi connectivity index (χ2n) is 4.38. The third-order valence-corrected chi connectivity index (χ3v) is 3.43. The van der Waals surface area contributed by atoms with Gasteiger partial charge < -0.3 is 20.4 Å². The molecule has 1 aromatic carbocycles. The molecule has 0 spiro atoms. The summed E-state index contributed by atoms with van der Waals surface area (Å²) in [6.07, 6.45) is 2.88. The Balaban J connectivity index is 0.00000180. The van der Waals surface area contributed by atoms with Gasteiger partial charge in [-0.2, -0.15) is 0 Å². The zero-order chi connectivity index (χ0) is 13.1. The summed E-state index contributed by atoms with van der Waals surface area (Å²) >= 11 is 0. The highest BCUT2D eigenvalue weighted by Gasteiger charge is 2.25. The summed E-state index contributed by atoms with van der Waals surface area (Å²) in [5.74, 6) is 1.60. The quantitative estimate of drug-likeness (QED) is 0.387. The minimum atomic E-state index is -0.0430. The van der Waals surface area contributed by atoms with Gasteiger partial charge in [0.15, 0.2) is 11.5 Å². The van der Waals surface area contributed by atoms with Crippen LogP contribution in [-0.2, 0) is 6.42 Å². The molecule has 19 heavy (non-hydrogen) atoms. The second-order valence-corrected chi connectivity index (χ2v) is 4.38. The number of nitrogens with zero attached hydrogens (tertiary/aromatic N) is 1. The second kappa shape index (κ2) is 6.52. The van der Waals surface area contributed by atoms with Crippen molar-refractivity contribution in [2.75, 3.05) is 14.2 Å². The van der Waals surface area contributed by atoms with E-state index in [2.05, 4.69) is 5.16 Å². The number of hydrogen-bond donors (Lipinski definition) is 2. The van der Waals surface area contributed by atoms with E-state index in [4.69, 9.17) is 20.4 Å². The summed E-state index contributed by atoms with van der Waals surface area (Å²) in [6.45, 7) is 0. The van der Waals surface area contributed by atoms with E-state index in [-0.39, 0.29) is 24.2 Å². The van der Waals surface area contributed by atoms with E-state index < -0.39 is 0 Å². The molecule has 0 saturated heterocycles. The first-order chi connectivity index (χ1) is 8.71. The number of nitrogens with two attached hydrogens (primary N) is 1. The van der Waals surface area contributed by atoms with Crippen molar-refractivity contribution in [3.05, 3.63) is 23.3 Å². The molecule has 0 aromatic heterocycles. The molecule has 1 aromatic rings. The van der Waals surface area contributed by atoms with Crippen LogP contribution in [0, 0.1) is 0 Å². The zero-order valence-corrected chi connectivity index (χ0v) is 11.9. The van der Waals surface area contributed by atoms with Gasteiger partial charge in [-0.25, -0.2) is 0 Å². The Morgan fingerprint density at radius 3 is 2.53 bits per heavy atom. The lowest BCUT2D eigenvalue weighted by atomic mass is 9.82. The average molecular weight is 287 g/mol. The van der Waals surface area contributed by atoms with Crippen molar-refractivity contribution in [3.8, 4) is 11.5 Å². The summed E-state index contributed by atoms with van der Waals surface area (Å²) < 4.78 is 10.6. The highest BCUT2D eigenvalue weighted by atomic mass is 35.5. The molecule has 0 saturated carbocycles. The van der Waals surface area contributed by atoms with Gasteiger partial charge in [0.05, 0.1) is 14.2 Å². The van der Waals surface area contributed by atoms with Gasteiger partial charge >= 0.3 is 0 Å². The maximum Gasteiger partial charge on any atom is 0.161 e. The maximum absolute atomic E-state index is 8.85. The molecule has 1 atom stereocenters. The van der Waals surface area contributed by atoms with Crippen LogP contribution in [0.1, 0.15) is 29.9 Å². The molecular weight excluding hydrogens is 268 g/mol. The highest BCUT2D eigenvalue weighted by molar-refractivity contribution is 5.87. The molecule has 106 valence electrons. The van der Waals surface area contributed by atoms with Gasteiger partial charge in [0, 0.05) is 5.92 Å². The fourth-order valence-corrected chi connectivity index (χ4v) is 2.51. The van der Waals surface area contributed by atoms with Crippen molar-refractivity contribution < 1.29 is 14.7 Å². The van der Waals surface area contributed by atoms with Crippen LogP contribution < -0.4 is 15.2 Å². The van der Waals surface area contributed by atoms with Gasteiger partial charge in [0.25, 0.3) is 0 Å². The molecule has 1 aliphatic rings. The number of ether oxygens (including phenoxy) is 2. The molecule has 6 heteroatoms. The lowest BCUT2D eigenvalue weighted by Crippen LogP contribution is -2.25. The van der Waals surface area contributed by atoms with Gasteiger partial charge in [0.1, 0.15) is 5.84 Å². The van der Waals surface area contributed by atoms with Gasteiger partial charge in [0.2, 0.25) is 0 Å². The van der Waals surface area contributed by atoms with E-state index >= 15 is 0 Å². The third-order valence-electron chi connectivity index (χ3n) is 3.43. The topological polar surface area (TPSA) is 77.1 Å². The van der Waals surface area contributed by atoms with Crippen LogP contribution in [0.25, 0.3) is 0 Å². The Kier molecular flexibility index (Phi) is 5.30. The van der Waals surface area contributed by atoms with E-state index in [1.54, 1.807) is 14.2 Å². The summed E-state index contributed by atoms with van der Waals surface area (Å²) in [4.78, 5) is 0. The third kappa shape index (κ3) is 2.87. The fraction of sp³-hybridized carbons (Fsp3) is 0.462. The highest BCUT2D eigenvalue weighted by Crippen LogP contribution is 2.39. The predicted octanol–water partition coefficient (Wildman–Crippen LogP) is 2.29. The van der Waals surface area contributed by atoms with Crippen molar-refractivity contribution in [2.45, 2.75) is 25.2 Å². The number of halogens is 1. The molecule has 0 heterocycles. The molecule has 1 aliphatic carbocycles. The number of rotatable bonds is 3. The zero-order valence-electron chi connectivity index (χ0n) is 11.0. The Bertz CT molecular complexity index is 477. The van der Waals surface area contributed by atoms with Crippen LogP contribution >= 0.6 is 12.4 Å². The van der Waals surface area contributed by atoms with Gasteiger partial charge in [-0.05, 0) is 42.5 Å². The van der Waals surface area contributed by atoms with E-state index in [1.165, 1.54) is 5.56 Å². The van der Waals surface area contributed by atoms with Crippen molar-refractivity contribution in [3.63, 3.8) is 0 Å². The minimum absolute atomic E-state index is 0. The monoisotopic (exact) mass is 286 g/mol. The lowest BCUT2D eigenvalue weighted by molar-refractivity contribution is 0.315. The summed E-state index contributed by atoms with van der Waals surface area (Å²) in [7, 11) is 3.22. The first-order valence-corrected chi connectivity index (χ1v) is 5.93. The predicted molar refractivity (Wildman–Crippen MR) is 75.9 cm³/mol. The standard InChI is InChI=1S/C13H18N2O3.ClH/c1-17-11-6-8-4-3-5-9(13(14)15-16)10(8)7-12(11)18-2;/h6-7,9,16H,3-5H2,1-2H3,(H2,14,15);1H. The van der Waals surface area contributed by atoms with Crippen LogP contribution in [0.5, 0.6) is 11.5 Å². The van der Waals surface area contributed by atoms with E-state index in [9.17, 15) is 0 Å². The van der Waals surface area contributed by atoms with Crippen LogP contribution in [-0.4, -0.2) is 25.3 Å². The molecule has 0 bridgehead atoms. The van der Waals surface area contributed by atoms with Crippen molar-refractivity contribution in [1.29, 1.82) is 0 Å². The van der Waals surface area contributed by atoms with Gasteiger partial charge in [-0.15, -0.1) is 12.4 Å². The van der Waals surface area contributed by atoms with Crippen LogP contribution in [0.15, 0.2) is 17.3 Å². The molecule has 3 N–H and O–H groups in total. The number of oxime groups is 1. The summed E-state index contributed by atoms with van der Waals surface area (Å²) in [5, 5.41) is 12.0. The first kappa shape index (κ1) is 15.4. The molecular formula is C13H19ClN2O3. The molecule has 0 fully saturated rings. The molecule has 5 nitrogen and oxygen atoms in total. The average Bonchev–Trinajstić information content (AvgIpc) is 2.44. The largest absolute Gasteiger partial charge is 0.493 e. The molecule has 0 radical (unpaired) electrons. The summed E-state index contributed by atoms with van der Waals surface area (Å²) in [5.41, 5.74) is 7.99. The number of amidine groups is 1. The van der Waals surface area contributed by atoms with Gasteiger partial charge in [-0.3, -0.25) is 0 Å². The number of fused-ring (bicyclic) bond motifs is 1. The minimum Gasteiger partial charge on any atom is -0.493 e. The van der Waals surface area contributed by atoms with Crippen molar-refractivity contribution >= 4 is 18.2 Å². The number of benzene rings is 1. The number of hydrogen-bond acceptors (Lipinski definition) is 4. The summed E-state index contributed by atoms with van der Waals surface area (Å²) in [6, 6.07) is 3.90. The fourth-order valence-electron chi connectivity index (χ4n) is 2.51. The van der Waals surface area contributed by atoms with Crippen LogP contribution in [0.2, 0.25) is 0 Å². The normalized spacial score (nSPS) is 18.2. The lowest BCUT2D eigenvalue weighted by Gasteiger charge is -2.25. The maximum atomic E-state index is 8.85. The van der Waals surface area contributed by atoms with E-state index in [0.717, 1.165) is 30.6 Å². The molecule has 1 unspecified atom stereocenters. The number of aryl methyl sites for hydroxylation is 1. The SMILES string of the molecule is COc1cc2c(cc1OC)C(C(N)=NO)CCC2.Cl. The molecule has 0 amide bonds. The molecule has 2 rings (SSSR count). The Morgan fingerprint density at radius 1 is 1.32 bits per heavy atom. The first-order valence-electron chi connectivity index (χ1n) is 5.93. The Hall–Kier alpha value is -1.62. The van der Waals surface area contributed by atoms with E-state index in [0.29, 0.717) is 5.75 Å². The Labute approximate surface area is 118 Å². The van der Waals surface area contributed by atoms with Crippen molar-refractivity contribution in [1.82, 2.24) is 0 Å². The smallest absolute Gasteiger partial charge is 0.161 e. The molecule has 0 aliphatic heterocycles. The van der Waals surface area contributed by atoms with Crippen LogP contribution in [0.4, 0.5) is 0 Å². The van der Waals surface area contributed by atoms with Crippen molar-refractivity contribution in [2.24, 2.45) is 10.9 Å².